The van der Waals surface area contributed by atoms with Gasteiger partial charge in [0.15, 0.2) is 11.1 Å². The Kier molecular flexibility index (Phi) is 3.38. The molecular formula is C3H8N2O2S. The van der Waals surface area contributed by atoms with Gasteiger partial charge in [-0.3, -0.25) is 0 Å². The predicted octanol–water partition coefficient (Wildman–Crippen LogP) is -0.287. The summed E-state index contributed by atoms with van der Waals surface area (Å²) in [6.07, 6.45) is 0. The number of hydrogen-bond acceptors (Lipinski definition) is 3. The third-order valence-electron chi connectivity index (χ3n) is 0.368. The van der Waals surface area contributed by atoms with Crippen LogP contribution in [0.3, 0.4) is 0 Å². The van der Waals surface area contributed by atoms with E-state index in [1.807, 2.05) is 0 Å². The van der Waals surface area contributed by atoms with Gasteiger partial charge in [0.1, 0.15) is 5.55 Å². The molecule has 0 amide bonds. The molecule has 0 spiro atoms. The molecule has 0 aliphatic carbocycles. The van der Waals surface area contributed by atoms with Crippen LogP contribution >= 0.6 is 0 Å². The Morgan fingerprint density at radius 3 is 2.38 bits per heavy atom. The van der Waals surface area contributed by atoms with Crippen molar-refractivity contribution < 1.29 is 8.76 Å². The van der Waals surface area contributed by atoms with Gasteiger partial charge < -0.3 is 9.56 Å². The number of rotatable bonds is 2. The normalized spacial score (nSPS) is 14.4. The van der Waals surface area contributed by atoms with Gasteiger partial charge in [-0.2, -0.15) is 5.10 Å². The molecule has 0 rings (SSSR count). The lowest BCUT2D eigenvalue weighted by Crippen LogP contribution is -2.02. The van der Waals surface area contributed by atoms with Crippen molar-refractivity contribution in [1.82, 2.24) is 5.01 Å². The lowest BCUT2D eigenvalue weighted by molar-refractivity contribution is 0.440. The van der Waals surface area contributed by atoms with E-state index in [1.165, 1.54) is 5.01 Å². The maximum Gasteiger partial charge on any atom is 0.199 e. The van der Waals surface area contributed by atoms with E-state index in [4.69, 9.17) is 4.55 Å². The zero-order valence-electron chi connectivity index (χ0n) is 4.74. The van der Waals surface area contributed by atoms with Crippen molar-refractivity contribution in [1.29, 1.82) is 0 Å². The van der Waals surface area contributed by atoms with Gasteiger partial charge in [-0.1, -0.05) is 0 Å². The minimum absolute atomic E-state index is 0.944. The molecule has 1 atom stereocenters. The van der Waals surface area contributed by atoms with Crippen molar-refractivity contribution in [3.05, 3.63) is 0 Å². The topological polar surface area (TPSA) is 52.9 Å². The third kappa shape index (κ3) is 5.58. The first-order valence-corrected chi connectivity index (χ1v) is 3.11. The van der Waals surface area contributed by atoms with Crippen molar-refractivity contribution in [3.63, 3.8) is 0 Å². The minimum atomic E-state index is -1.92. The van der Waals surface area contributed by atoms with Crippen LogP contribution in [0, 0.1) is 0 Å². The van der Waals surface area contributed by atoms with Gasteiger partial charge in [-0.05, 0) is 0 Å². The summed E-state index contributed by atoms with van der Waals surface area (Å²) in [6, 6.07) is 0. The minimum Gasteiger partial charge on any atom is -0.303 e. The molecule has 0 saturated heterocycles. The third-order valence-corrected chi connectivity index (χ3v) is 0.643. The monoisotopic (exact) mass is 136 g/mol. The number of hydrazone groups is 1. The second-order valence-electron chi connectivity index (χ2n) is 1.34. The molecular weight excluding hydrogens is 128 g/mol. The van der Waals surface area contributed by atoms with Crippen molar-refractivity contribution in [2.75, 3.05) is 14.1 Å². The molecule has 0 aromatic carbocycles. The first-order chi connectivity index (χ1) is 3.63. The molecule has 0 heterocycles. The highest BCUT2D eigenvalue weighted by Gasteiger charge is 1.81. The molecule has 5 heteroatoms. The first kappa shape index (κ1) is 7.58. The van der Waals surface area contributed by atoms with E-state index in [0.29, 0.717) is 0 Å². The van der Waals surface area contributed by atoms with Crippen LogP contribution < -0.4 is 0 Å². The Morgan fingerprint density at radius 2 is 2.25 bits per heavy atom. The van der Waals surface area contributed by atoms with Gasteiger partial charge in [0.2, 0.25) is 0 Å². The van der Waals surface area contributed by atoms with Crippen molar-refractivity contribution in [2.45, 2.75) is 0 Å². The Morgan fingerprint density at radius 1 is 1.75 bits per heavy atom. The smallest absolute Gasteiger partial charge is 0.199 e. The molecule has 0 saturated carbocycles. The van der Waals surface area contributed by atoms with Crippen LogP contribution in [0.4, 0.5) is 0 Å². The SMILES string of the molecule is CN(C)/N=C/S(=O)O. The summed E-state index contributed by atoms with van der Waals surface area (Å²) in [7, 11) is 3.34. The molecule has 0 radical (unpaired) electrons. The molecule has 0 bridgehead atoms. The van der Waals surface area contributed by atoms with Gasteiger partial charge in [0.05, 0.1) is 0 Å². The summed E-state index contributed by atoms with van der Waals surface area (Å²) in [6.45, 7) is 0. The molecule has 0 fully saturated rings. The van der Waals surface area contributed by atoms with Gasteiger partial charge in [0.25, 0.3) is 0 Å². The number of hydrogen-bond donors (Lipinski definition) is 1. The largest absolute Gasteiger partial charge is 0.303 e. The highest BCUT2D eigenvalue weighted by atomic mass is 32.2. The first-order valence-electron chi connectivity index (χ1n) is 1.94. The van der Waals surface area contributed by atoms with E-state index in [1.54, 1.807) is 14.1 Å². The Bertz CT molecular complexity index is 112. The van der Waals surface area contributed by atoms with Gasteiger partial charge in [0, 0.05) is 14.1 Å². The average Bonchev–Trinajstić information content (AvgIpc) is 1.61. The van der Waals surface area contributed by atoms with Crippen molar-refractivity contribution in [2.24, 2.45) is 5.10 Å². The Balaban J connectivity index is 3.50. The van der Waals surface area contributed by atoms with Crippen LogP contribution in [0.1, 0.15) is 0 Å². The van der Waals surface area contributed by atoms with Crippen LogP contribution in [0.5, 0.6) is 0 Å². The molecule has 8 heavy (non-hydrogen) atoms. The van der Waals surface area contributed by atoms with Crippen LogP contribution in [0.2, 0.25) is 0 Å². The molecule has 0 aliphatic rings. The summed E-state index contributed by atoms with van der Waals surface area (Å²) >= 11 is -1.92. The van der Waals surface area contributed by atoms with E-state index in [0.717, 1.165) is 5.55 Å². The second-order valence-corrected chi connectivity index (χ2v) is 2.11. The molecule has 0 aliphatic heterocycles. The fourth-order valence-corrected chi connectivity index (χ4v) is 0.404. The molecule has 1 unspecified atom stereocenters. The summed E-state index contributed by atoms with van der Waals surface area (Å²) in [4.78, 5) is 0. The highest BCUT2D eigenvalue weighted by Crippen LogP contribution is 1.72. The Hall–Kier alpha value is -0.420. The van der Waals surface area contributed by atoms with Crippen molar-refractivity contribution in [3.8, 4) is 0 Å². The molecule has 0 aromatic heterocycles. The van der Waals surface area contributed by atoms with E-state index < -0.39 is 11.1 Å². The molecule has 0 aromatic rings. The second kappa shape index (κ2) is 3.57. The van der Waals surface area contributed by atoms with Crippen LogP contribution in [0.15, 0.2) is 5.10 Å². The van der Waals surface area contributed by atoms with Crippen LogP contribution in [-0.4, -0.2) is 33.4 Å². The molecule has 48 valence electrons. The van der Waals surface area contributed by atoms with Gasteiger partial charge >= 0.3 is 0 Å². The standard InChI is InChI=1S/C3H8N2O2S/c1-5(2)4-3-8(6)7/h3H,1-2H3,(H,6,7)/b4-3+. The fraction of sp³-hybridized carbons (Fsp3) is 0.667. The summed E-state index contributed by atoms with van der Waals surface area (Å²) in [5.41, 5.74) is 0.944. The summed E-state index contributed by atoms with van der Waals surface area (Å²) in [5, 5.41) is 4.92. The lowest BCUT2D eigenvalue weighted by Gasteiger charge is -1.99. The predicted molar refractivity (Wildman–Crippen MR) is 33.0 cm³/mol. The fourth-order valence-electron chi connectivity index (χ4n) is 0.135. The van der Waals surface area contributed by atoms with Crippen LogP contribution in [0.25, 0.3) is 0 Å². The lowest BCUT2D eigenvalue weighted by atomic mass is 11.2. The molecule has 4 nitrogen and oxygen atoms in total. The van der Waals surface area contributed by atoms with E-state index in [2.05, 4.69) is 5.10 Å². The zero-order valence-corrected chi connectivity index (χ0v) is 5.55. The Labute approximate surface area is 50.5 Å². The van der Waals surface area contributed by atoms with E-state index >= 15 is 0 Å². The molecule has 1 N–H and O–H groups in total. The summed E-state index contributed by atoms with van der Waals surface area (Å²) < 4.78 is 17.9. The van der Waals surface area contributed by atoms with Gasteiger partial charge in [-0.15, -0.1) is 0 Å². The average molecular weight is 136 g/mol. The summed E-state index contributed by atoms with van der Waals surface area (Å²) in [5.74, 6) is 0. The van der Waals surface area contributed by atoms with E-state index in [-0.39, 0.29) is 0 Å². The van der Waals surface area contributed by atoms with Gasteiger partial charge in [-0.25, -0.2) is 4.21 Å². The maximum absolute atomic E-state index is 9.84. The maximum atomic E-state index is 9.84. The highest BCUT2D eigenvalue weighted by molar-refractivity contribution is 7.93. The zero-order chi connectivity index (χ0) is 6.57. The van der Waals surface area contributed by atoms with Crippen LogP contribution in [-0.2, 0) is 11.1 Å². The number of nitrogens with zero attached hydrogens (tertiary/aromatic N) is 2. The quantitative estimate of drug-likeness (QED) is 0.246. The van der Waals surface area contributed by atoms with Crippen molar-refractivity contribution >= 4 is 16.6 Å². The van der Waals surface area contributed by atoms with E-state index in [9.17, 15) is 4.21 Å².